The van der Waals surface area contributed by atoms with Crippen LogP contribution in [-0.2, 0) is 0 Å². The molecule has 0 aliphatic rings. The van der Waals surface area contributed by atoms with Crippen LogP contribution >= 0.6 is 0 Å². The third kappa shape index (κ3) is 9.80. The fourth-order valence-electron chi connectivity index (χ4n) is 1.17. The van der Waals surface area contributed by atoms with Crippen molar-refractivity contribution in [2.24, 2.45) is 5.73 Å². The van der Waals surface area contributed by atoms with Gasteiger partial charge in [-0.05, 0) is 39.5 Å². The van der Waals surface area contributed by atoms with Gasteiger partial charge in [0.15, 0.2) is 0 Å². The van der Waals surface area contributed by atoms with Crippen molar-refractivity contribution in [3.05, 3.63) is 0 Å². The first kappa shape index (κ1) is 12.9. The van der Waals surface area contributed by atoms with E-state index in [1.165, 1.54) is 12.8 Å². The molecule has 3 N–H and O–H groups in total. The number of hydrogen-bond donors (Lipinski definition) is 2. The predicted octanol–water partition coefficient (Wildman–Crippen LogP) is 0.657. The molecule has 0 aliphatic heterocycles. The highest BCUT2D eigenvalue weighted by molar-refractivity contribution is 4.55. The zero-order valence-electron chi connectivity index (χ0n) is 9.18. The quantitative estimate of drug-likeness (QED) is 0.521. The number of unbranched alkanes of at least 4 members (excludes halogenated alkanes) is 1. The number of nitrogens with two attached hydrogens (primary N) is 1. The molecule has 0 spiro atoms. The summed E-state index contributed by atoms with van der Waals surface area (Å²) in [7, 11) is 2.15. The number of nitrogens with one attached hydrogen (secondary N) is 1. The van der Waals surface area contributed by atoms with Gasteiger partial charge in [0.1, 0.15) is 0 Å². The van der Waals surface area contributed by atoms with Gasteiger partial charge in [-0.15, -0.1) is 0 Å². The Hall–Kier alpha value is -0.120. The number of hydrogen-bond acceptors (Lipinski definition) is 3. The van der Waals surface area contributed by atoms with Crippen LogP contribution in [0, 0.1) is 0 Å². The van der Waals surface area contributed by atoms with Crippen molar-refractivity contribution in [3.63, 3.8) is 0 Å². The minimum absolute atomic E-state index is 0.799. The number of nitrogens with zero attached hydrogens (tertiary/aromatic N) is 1. The lowest BCUT2D eigenvalue weighted by molar-refractivity contribution is 0.329. The van der Waals surface area contributed by atoms with Gasteiger partial charge in [-0.25, -0.2) is 0 Å². The van der Waals surface area contributed by atoms with Crippen LogP contribution in [0.5, 0.6) is 0 Å². The smallest absolute Gasteiger partial charge is 0.0104 e. The van der Waals surface area contributed by atoms with E-state index in [1.54, 1.807) is 0 Å². The molecular weight excluding hydrogens is 162 g/mol. The van der Waals surface area contributed by atoms with E-state index < -0.39 is 0 Å². The maximum atomic E-state index is 5.43. The summed E-state index contributed by atoms with van der Waals surface area (Å²) in [6.45, 7) is 7.51. The Morgan fingerprint density at radius 3 is 2.54 bits per heavy atom. The summed E-state index contributed by atoms with van der Waals surface area (Å²) < 4.78 is 0. The molecule has 0 amide bonds. The van der Waals surface area contributed by atoms with Crippen LogP contribution in [0.3, 0.4) is 0 Å². The molecule has 0 rings (SSSR count). The minimum Gasteiger partial charge on any atom is -0.330 e. The van der Waals surface area contributed by atoms with Crippen LogP contribution in [0.1, 0.15) is 26.2 Å². The highest BCUT2D eigenvalue weighted by atomic mass is 15.1. The summed E-state index contributed by atoms with van der Waals surface area (Å²) in [5, 5.41) is 3.42. The zero-order chi connectivity index (χ0) is 9.94. The normalized spacial score (nSPS) is 11.1. The van der Waals surface area contributed by atoms with Crippen LogP contribution in [0.2, 0.25) is 0 Å². The number of rotatable bonds is 9. The summed E-state index contributed by atoms with van der Waals surface area (Å²) in [6.07, 6.45) is 3.66. The van der Waals surface area contributed by atoms with Gasteiger partial charge in [0.05, 0.1) is 0 Å². The van der Waals surface area contributed by atoms with Crippen molar-refractivity contribution in [2.75, 3.05) is 39.8 Å². The minimum atomic E-state index is 0.799. The second kappa shape index (κ2) is 9.96. The first-order valence-electron chi connectivity index (χ1n) is 5.40. The fraction of sp³-hybridized carbons (Fsp3) is 1.00. The van der Waals surface area contributed by atoms with Crippen LogP contribution in [0.4, 0.5) is 0 Å². The van der Waals surface area contributed by atoms with Gasteiger partial charge in [-0.1, -0.05) is 13.3 Å². The van der Waals surface area contributed by atoms with Gasteiger partial charge in [0.2, 0.25) is 0 Å². The first-order valence-corrected chi connectivity index (χ1v) is 5.40. The SMILES string of the molecule is CCCCNCCN(C)CCCN. The Bertz CT molecular complexity index is 96.2. The molecule has 0 saturated carbocycles. The van der Waals surface area contributed by atoms with Crippen LogP contribution < -0.4 is 11.1 Å². The van der Waals surface area contributed by atoms with Gasteiger partial charge >= 0.3 is 0 Å². The Labute approximate surface area is 82.7 Å². The third-order valence-electron chi connectivity index (χ3n) is 2.12. The van der Waals surface area contributed by atoms with Gasteiger partial charge in [-0.2, -0.15) is 0 Å². The van der Waals surface area contributed by atoms with Crippen molar-refractivity contribution in [3.8, 4) is 0 Å². The average Bonchev–Trinajstić information content (AvgIpc) is 2.14. The third-order valence-corrected chi connectivity index (χ3v) is 2.12. The maximum Gasteiger partial charge on any atom is 0.0104 e. The molecule has 0 saturated heterocycles. The largest absolute Gasteiger partial charge is 0.330 e. The van der Waals surface area contributed by atoms with E-state index in [4.69, 9.17) is 5.73 Å². The van der Waals surface area contributed by atoms with Crippen LogP contribution in [0.15, 0.2) is 0 Å². The van der Waals surface area contributed by atoms with E-state index in [2.05, 4.69) is 24.2 Å². The Morgan fingerprint density at radius 2 is 1.92 bits per heavy atom. The summed E-state index contributed by atoms with van der Waals surface area (Å²) >= 11 is 0. The van der Waals surface area contributed by atoms with Gasteiger partial charge in [-0.3, -0.25) is 0 Å². The van der Waals surface area contributed by atoms with E-state index in [1.807, 2.05) is 0 Å². The molecule has 0 unspecified atom stereocenters. The predicted molar refractivity (Wildman–Crippen MR) is 58.9 cm³/mol. The second-order valence-electron chi connectivity index (χ2n) is 3.55. The molecule has 0 aromatic rings. The summed E-state index contributed by atoms with van der Waals surface area (Å²) in [6, 6.07) is 0. The second-order valence-corrected chi connectivity index (χ2v) is 3.55. The van der Waals surface area contributed by atoms with Crippen LogP contribution in [-0.4, -0.2) is 44.7 Å². The Morgan fingerprint density at radius 1 is 1.15 bits per heavy atom. The molecule has 0 radical (unpaired) electrons. The van der Waals surface area contributed by atoms with E-state index in [0.717, 1.165) is 39.1 Å². The molecule has 0 atom stereocenters. The molecule has 0 aromatic carbocycles. The summed E-state index contributed by atoms with van der Waals surface area (Å²) in [4.78, 5) is 2.33. The highest BCUT2D eigenvalue weighted by Crippen LogP contribution is 1.85. The molecule has 13 heavy (non-hydrogen) atoms. The summed E-state index contributed by atoms with van der Waals surface area (Å²) in [5.41, 5.74) is 5.43. The van der Waals surface area contributed by atoms with E-state index >= 15 is 0 Å². The summed E-state index contributed by atoms with van der Waals surface area (Å²) in [5.74, 6) is 0. The molecule has 0 aromatic heterocycles. The number of likely N-dealkylation sites (N-methyl/N-ethyl adjacent to an activating group) is 1. The van der Waals surface area contributed by atoms with E-state index in [0.29, 0.717) is 0 Å². The van der Waals surface area contributed by atoms with Gasteiger partial charge in [0.25, 0.3) is 0 Å². The molecule has 3 heteroatoms. The standard InChI is InChI=1S/C10H25N3/c1-3-4-7-12-8-10-13(2)9-5-6-11/h12H,3-11H2,1-2H3. The Kier molecular flexibility index (Phi) is 9.87. The van der Waals surface area contributed by atoms with Crippen molar-refractivity contribution in [1.82, 2.24) is 10.2 Å². The van der Waals surface area contributed by atoms with Crippen molar-refractivity contribution < 1.29 is 0 Å². The highest BCUT2D eigenvalue weighted by Gasteiger charge is 1.95. The van der Waals surface area contributed by atoms with Gasteiger partial charge in [0, 0.05) is 13.1 Å². The topological polar surface area (TPSA) is 41.3 Å². The molecule has 80 valence electrons. The van der Waals surface area contributed by atoms with Crippen LogP contribution in [0.25, 0.3) is 0 Å². The maximum absolute atomic E-state index is 5.43. The lowest BCUT2D eigenvalue weighted by atomic mass is 10.3. The fourth-order valence-corrected chi connectivity index (χ4v) is 1.17. The monoisotopic (exact) mass is 187 g/mol. The Balaban J connectivity index is 3.03. The molecule has 0 aliphatic carbocycles. The van der Waals surface area contributed by atoms with E-state index in [9.17, 15) is 0 Å². The molecular formula is C10H25N3. The lowest BCUT2D eigenvalue weighted by Gasteiger charge is -2.16. The van der Waals surface area contributed by atoms with Crippen molar-refractivity contribution in [1.29, 1.82) is 0 Å². The van der Waals surface area contributed by atoms with Crippen molar-refractivity contribution >= 4 is 0 Å². The lowest BCUT2D eigenvalue weighted by Crippen LogP contribution is -2.31. The molecule has 0 bridgehead atoms. The molecule has 0 heterocycles. The first-order chi connectivity index (χ1) is 6.31. The molecule has 0 fully saturated rings. The molecule has 3 nitrogen and oxygen atoms in total. The van der Waals surface area contributed by atoms with Crippen molar-refractivity contribution in [2.45, 2.75) is 26.2 Å². The van der Waals surface area contributed by atoms with E-state index in [-0.39, 0.29) is 0 Å². The average molecular weight is 187 g/mol. The zero-order valence-corrected chi connectivity index (χ0v) is 9.18. The van der Waals surface area contributed by atoms with Gasteiger partial charge < -0.3 is 16.0 Å².